The molecule has 4 rings (SSSR count). The van der Waals surface area contributed by atoms with Crippen molar-refractivity contribution in [2.24, 2.45) is 7.05 Å². The number of hydrogen-bond acceptors (Lipinski definition) is 3. The Bertz CT molecular complexity index is 1130. The molecule has 1 saturated heterocycles. The summed E-state index contributed by atoms with van der Waals surface area (Å²) in [6, 6.07) is 17.5. The lowest BCUT2D eigenvalue weighted by Gasteiger charge is -2.31. The summed E-state index contributed by atoms with van der Waals surface area (Å²) >= 11 is 0. The number of piperidine rings is 1. The SMILES string of the molecule is Cn1nc(C2CCN(C(=O)Nc3ccc(C(C)(C)C)cc3)CC2)n(-c2ccccc2)c1=O. The van der Waals surface area contributed by atoms with Gasteiger partial charge < -0.3 is 10.2 Å². The average molecular weight is 434 g/mol. The van der Waals surface area contributed by atoms with Crippen LogP contribution in [0, 0.1) is 0 Å². The Balaban J connectivity index is 1.42. The van der Waals surface area contributed by atoms with Crippen LogP contribution in [0.2, 0.25) is 0 Å². The van der Waals surface area contributed by atoms with Crippen molar-refractivity contribution in [1.29, 1.82) is 0 Å². The highest BCUT2D eigenvalue weighted by atomic mass is 16.2. The molecule has 2 amide bonds. The van der Waals surface area contributed by atoms with Crippen LogP contribution in [0.3, 0.4) is 0 Å². The fourth-order valence-corrected chi connectivity index (χ4v) is 4.16. The fourth-order valence-electron chi connectivity index (χ4n) is 4.16. The zero-order chi connectivity index (χ0) is 22.9. The number of aryl methyl sites for hydroxylation is 1. The van der Waals surface area contributed by atoms with E-state index in [4.69, 9.17) is 0 Å². The molecular weight excluding hydrogens is 402 g/mol. The van der Waals surface area contributed by atoms with Crippen molar-refractivity contribution < 1.29 is 4.79 Å². The molecule has 1 aromatic heterocycles. The second kappa shape index (κ2) is 8.65. The first-order valence-electron chi connectivity index (χ1n) is 11.1. The molecule has 2 heterocycles. The van der Waals surface area contributed by atoms with Gasteiger partial charge in [0.05, 0.1) is 5.69 Å². The van der Waals surface area contributed by atoms with Crippen molar-refractivity contribution in [3.8, 4) is 5.69 Å². The molecule has 2 aromatic carbocycles. The molecule has 32 heavy (non-hydrogen) atoms. The van der Waals surface area contributed by atoms with E-state index in [0.717, 1.165) is 30.0 Å². The Morgan fingerprint density at radius 3 is 2.22 bits per heavy atom. The third-order valence-corrected chi connectivity index (χ3v) is 6.11. The minimum absolute atomic E-state index is 0.0798. The molecule has 168 valence electrons. The molecule has 0 saturated carbocycles. The predicted molar refractivity (Wildman–Crippen MR) is 127 cm³/mol. The molecule has 7 heteroatoms. The van der Waals surface area contributed by atoms with E-state index in [9.17, 15) is 9.59 Å². The number of nitrogens with one attached hydrogen (secondary N) is 1. The van der Waals surface area contributed by atoms with Gasteiger partial charge in [0.15, 0.2) is 0 Å². The number of nitrogens with zero attached hydrogens (tertiary/aromatic N) is 4. The normalized spacial score (nSPS) is 15.1. The summed E-state index contributed by atoms with van der Waals surface area (Å²) in [6.07, 6.45) is 1.53. The van der Waals surface area contributed by atoms with Crippen LogP contribution < -0.4 is 11.0 Å². The first kappa shape index (κ1) is 21.9. The molecule has 0 unspecified atom stereocenters. The van der Waals surface area contributed by atoms with Gasteiger partial charge in [-0.1, -0.05) is 51.1 Å². The predicted octanol–water partition coefficient (Wildman–Crippen LogP) is 4.28. The van der Waals surface area contributed by atoms with Crippen molar-refractivity contribution in [3.63, 3.8) is 0 Å². The molecule has 7 nitrogen and oxygen atoms in total. The summed E-state index contributed by atoms with van der Waals surface area (Å²) < 4.78 is 3.08. The van der Waals surface area contributed by atoms with Gasteiger partial charge in [-0.3, -0.25) is 0 Å². The van der Waals surface area contributed by atoms with E-state index < -0.39 is 0 Å². The van der Waals surface area contributed by atoms with Crippen LogP contribution in [0.1, 0.15) is 50.9 Å². The van der Waals surface area contributed by atoms with Crippen molar-refractivity contribution in [1.82, 2.24) is 19.2 Å². The van der Waals surface area contributed by atoms with E-state index in [-0.39, 0.29) is 23.1 Å². The number of hydrogen-bond donors (Lipinski definition) is 1. The molecule has 0 aliphatic carbocycles. The molecule has 0 spiro atoms. The number of carbonyl (C=O) groups is 1. The highest BCUT2D eigenvalue weighted by molar-refractivity contribution is 5.89. The van der Waals surface area contributed by atoms with Crippen LogP contribution in [0.5, 0.6) is 0 Å². The quantitative estimate of drug-likeness (QED) is 0.670. The van der Waals surface area contributed by atoms with Crippen LogP contribution in [0.15, 0.2) is 59.4 Å². The lowest BCUT2D eigenvalue weighted by atomic mass is 9.87. The summed E-state index contributed by atoms with van der Waals surface area (Å²) in [4.78, 5) is 27.3. The first-order valence-corrected chi connectivity index (χ1v) is 11.1. The highest BCUT2D eigenvalue weighted by Crippen LogP contribution is 2.28. The molecule has 0 radical (unpaired) electrons. The number of carbonyl (C=O) groups excluding carboxylic acids is 1. The summed E-state index contributed by atoms with van der Waals surface area (Å²) in [5, 5.41) is 7.53. The van der Waals surface area contributed by atoms with E-state index in [1.165, 1.54) is 10.2 Å². The van der Waals surface area contributed by atoms with Crippen molar-refractivity contribution in [3.05, 3.63) is 76.5 Å². The third-order valence-electron chi connectivity index (χ3n) is 6.11. The molecule has 3 aromatic rings. The smallest absolute Gasteiger partial charge is 0.324 e. The third kappa shape index (κ3) is 4.47. The van der Waals surface area contributed by atoms with Crippen LogP contribution >= 0.6 is 0 Å². The molecule has 0 atom stereocenters. The zero-order valence-corrected chi connectivity index (χ0v) is 19.2. The Kier molecular flexibility index (Phi) is 5.91. The molecule has 1 aliphatic heterocycles. The number of anilines is 1. The van der Waals surface area contributed by atoms with Crippen LogP contribution in [0.4, 0.5) is 10.5 Å². The van der Waals surface area contributed by atoms with Gasteiger partial charge >= 0.3 is 11.7 Å². The topological polar surface area (TPSA) is 72.2 Å². The maximum absolute atomic E-state index is 12.8. The average Bonchev–Trinajstić information content (AvgIpc) is 3.08. The van der Waals surface area contributed by atoms with Gasteiger partial charge in [0.1, 0.15) is 5.82 Å². The number of para-hydroxylation sites is 1. The van der Waals surface area contributed by atoms with Crippen LogP contribution in [-0.2, 0) is 12.5 Å². The van der Waals surface area contributed by atoms with Crippen molar-refractivity contribution in [2.45, 2.75) is 44.9 Å². The Morgan fingerprint density at radius 2 is 1.62 bits per heavy atom. The lowest BCUT2D eigenvalue weighted by Crippen LogP contribution is -2.41. The number of likely N-dealkylation sites (tertiary alicyclic amines) is 1. The van der Waals surface area contributed by atoms with Crippen molar-refractivity contribution >= 4 is 11.7 Å². The van der Waals surface area contributed by atoms with Gasteiger partial charge in [-0.25, -0.2) is 18.8 Å². The maximum atomic E-state index is 12.8. The summed E-state index contributed by atoms with van der Waals surface area (Å²) in [5.41, 5.74) is 2.78. The van der Waals surface area contributed by atoms with E-state index in [2.05, 4.69) is 43.3 Å². The van der Waals surface area contributed by atoms with Gasteiger partial charge in [-0.05, 0) is 48.1 Å². The maximum Gasteiger partial charge on any atom is 0.350 e. The van der Waals surface area contributed by atoms with Gasteiger partial charge in [0, 0.05) is 31.7 Å². The van der Waals surface area contributed by atoms with Crippen molar-refractivity contribution in [2.75, 3.05) is 18.4 Å². The Morgan fingerprint density at radius 1 is 1.00 bits per heavy atom. The second-order valence-corrected chi connectivity index (χ2v) is 9.45. The Hall–Kier alpha value is -3.35. The van der Waals surface area contributed by atoms with Gasteiger partial charge in [-0.15, -0.1) is 0 Å². The fraction of sp³-hybridized carbons (Fsp3) is 0.400. The zero-order valence-electron chi connectivity index (χ0n) is 19.2. The van der Waals surface area contributed by atoms with Crippen LogP contribution in [-0.4, -0.2) is 38.4 Å². The number of urea groups is 1. The van der Waals surface area contributed by atoms with Gasteiger partial charge in [-0.2, -0.15) is 5.10 Å². The van der Waals surface area contributed by atoms with Gasteiger partial charge in [0.2, 0.25) is 0 Å². The molecule has 1 aliphatic rings. The summed E-state index contributed by atoms with van der Waals surface area (Å²) in [7, 11) is 1.68. The molecule has 1 fully saturated rings. The number of amides is 2. The summed E-state index contributed by atoms with van der Waals surface area (Å²) in [6.45, 7) is 7.75. The first-order chi connectivity index (χ1) is 15.2. The largest absolute Gasteiger partial charge is 0.350 e. The molecule has 1 N–H and O–H groups in total. The minimum Gasteiger partial charge on any atom is -0.324 e. The van der Waals surface area contributed by atoms with E-state index >= 15 is 0 Å². The van der Waals surface area contributed by atoms with Crippen LogP contribution in [0.25, 0.3) is 5.69 Å². The monoisotopic (exact) mass is 433 g/mol. The number of benzene rings is 2. The highest BCUT2D eigenvalue weighted by Gasteiger charge is 2.29. The second-order valence-electron chi connectivity index (χ2n) is 9.45. The number of rotatable bonds is 3. The van der Waals surface area contributed by atoms with Gasteiger partial charge in [0.25, 0.3) is 0 Å². The molecule has 0 bridgehead atoms. The lowest BCUT2D eigenvalue weighted by molar-refractivity contribution is 0.193. The minimum atomic E-state index is -0.148. The van der Waals surface area contributed by atoms with E-state index in [1.807, 2.05) is 47.4 Å². The molecular formula is C25H31N5O2. The van der Waals surface area contributed by atoms with E-state index in [1.54, 1.807) is 11.6 Å². The Labute approximate surface area is 188 Å². The van der Waals surface area contributed by atoms with E-state index in [0.29, 0.717) is 13.1 Å². The summed E-state index contributed by atoms with van der Waals surface area (Å²) in [5.74, 6) is 0.890. The standard InChI is InChI=1S/C25H31N5O2/c1-25(2,3)19-10-12-20(13-11-19)26-23(31)29-16-14-18(15-17-29)22-27-28(4)24(32)30(22)21-8-6-5-7-9-21/h5-13,18H,14-17H2,1-4H3,(H,26,31). The number of aromatic nitrogens is 3.